The maximum Gasteiger partial charge on any atom is 0.269 e. The second-order valence-electron chi connectivity index (χ2n) is 3.95. The van der Waals surface area contributed by atoms with Crippen molar-refractivity contribution in [3.8, 4) is 0 Å². The van der Waals surface area contributed by atoms with Crippen molar-refractivity contribution in [2.75, 3.05) is 13.1 Å². The smallest absolute Gasteiger partial charge is 0.269 e. The quantitative estimate of drug-likeness (QED) is 0.457. The van der Waals surface area contributed by atoms with Crippen molar-refractivity contribution in [1.29, 1.82) is 0 Å². The third kappa shape index (κ3) is 3.62. The minimum Gasteiger partial charge on any atom is -0.316 e. The molecule has 4 heteroatoms. The molecule has 0 amide bonds. The van der Waals surface area contributed by atoms with Crippen molar-refractivity contribution in [2.24, 2.45) is 0 Å². The molecule has 0 saturated carbocycles. The highest BCUT2D eigenvalue weighted by Gasteiger charge is 2.08. The predicted molar refractivity (Wildman–Crippen MR) is 64.7 cm³/mol. The summed E-state index contributed by atoms with van der Waals surface area (Å²) in [6, 6.07) is 6.78. The minimum absolute atomic E-state index is 0.150. The third-order valence-corrected chi connectivity index (χ3v) is 2.55. The Bertz CT molecular complexity index is 335. The second-order valence-corrected chi connectivity index (χ2v) is 3.95. The van der Waals surface area contributed by atoms with Crippen molar-refractivity contribution in [2.45, 2.75) is 26.2 Å². The molecule has 0 aliphatic rings. The molecule has 0 saturated heterocycles. The molecular formula is C12H18N2O2. The van der Waals surface area contributed by atoms with Crippen LogP contribution < -0.4 is 5.32 Å². The lowest BCUT2D eigenvalue weighted by atomic mass is 10.0. The van der Waals surface area contributed by atoms with E-state index in [2.05, 4.69) is 19.2 Å². The maximum atomic E-state index is 10.5. The van der Waals surface area contributed by atoms with Crippen LogP contribution in [0.3, 0.4) is 0 Å². The van der Waals surface area contributed by atoms with Gasteiger partial charge in [0.15, 0.2) is 0 Å². The van der Waals surface area contributed by atoms with Crippen molar-refractivity contribution < 1.29 is 4.92 Å². The molecule has 0 bridgehead atoms. The minimum atomic E-state index is -0.371. The summed E-state index contributed by atoms with van der Waals surface area (Å²) in [5.41, 5.74) is 1.28. The van der Waals surface area contributed by atoms with Gasteiger partial charge in [-0.1, -0.05) is 26.0 Å². The van der Waals surface area contributed by atoms with Crippen molar-refractivity contribution in [1.82, 2.24) is 5.32 Å². The Morgan fingerprint density at radius 3 is 2.50 bits per heavy atom. The number of nitrogens with zero attached hydrogens (tertiary/aromatic N) is 1. The molecule has 1 atom stereocenters. The molecule has 1 aromatic carbocycles. The summed E-state index contributed by atoms with van der Waals surface area (Å²) < 4.78 is 0. The van der Waals surface area contributed by atoms with E-state index in [-0.39, 0.29) is 10.6 Å². The van der Waals surface area contributed by atoms with Gasteiger partial charge in [-0.05, 0) is 24.4 Å². The molecule has 1 rings (SSSR count). The molecule has 0 aliphatic carbocycles. The normalized spacial score (nSPS) is 12.4. The van der Waals surface area contributed by atoms with Crippen molar-refractivity contribution in [3.63, 3.8) is 0 Å². The molecule has 1 aromatic rings. The SMILES string of the molecule is CCCNC[C@H](C)c1ccc([N+](=O)[O-])cc1. The van der Waals surface area contributed by atoms with Gasteiger partial charge in [0, 0.05) is 18.7 Å². The second kappa shape index (κ2) is 6.23. The molecule has 0 aromatic heterocycles. The zero-order valence-electron chi connectivity index (χ0n) is 9.77. The maximum absolute atomic E-state index is 10.5. The summed E-state index contributed by atoms with van der Waals surface area (Å²) in [7, 11) is 0. The topological polar surface area (TPSA) is 55.2 Å². The fourth-order valence-corrected chi connectivity index (χ4v) is 1.54. The Morgan fingerprint density at radius 2 is 2.00 bits per heavy atom. The van der Waals surface area contributed by atoms with Gasteiger partial charge in [0.1, 0.15) is 0 Å². The molecule has 0 heterocycles. The molecular weight excluding hydrogens is 204 g/mol. The number of nitrogens with one attached hydrogen (secondary N) is 1. The van der Waals surface area contributed by atoms with E-state index in [9.17, 15) is 10.1 Å². The van der Waals surface area contributed by atoms with E-state index >= 15 is 0 Å². The number of hydrogen-bond acceptors (Lipinski definition) is 3. The summed E-state index contributed by atoms with van der Waals surface area (Å²) >= 11 is 0. The monoisotopic (exact) mass is 222 g/mol. The molecule has 0 aliphatic heterocycles. The van der Waals surface area contributed by atoms with Gasteiger partial charge in [0.2, 0.25) is 0 Å². The summed E-state index contributed by atoms with van der Waals surface area (Å²) in [5, 5.41) is 13.8. The number of nitro benzene ring substituents is 1. The Kier molecular flexibility index (Phi) is 4.92. The zero-order valence-corrected chi connectivity index (χ0v) is 9.77. The van der Waals surface area contributed by atoms with E-state index in [0.29, 0.717) is 5.92 Å². The highest BCUT2D eigenvalue weighted by molar-refractivity contribution is 5.34. The molecule has 16 heavy (non-hydrogen) atoms. The lowest BCUT2D eigenvalue weighted by molar-refractivity contribution is -0.384. The van der Waals surface area contributed by atoms with Crippen molar-refractivity contribution in [3.05, 3.63) is 39.9 Å². The van der Waals surface area contributed by atoms with E-state index in [0.717, 1.165) is 25.1 Å². The van der Waals surface area contributed by atoms with E-state index in [4.69, 9.17) is 0 Å². The van der Waals surface area contributed by atoms with Gasteiger partial charge >= 0.3 is 0 Å². The first kappa shape index (κ1) is 12.6. The van der Waals surface area contributed by atoms with Gasteiger partial charge in [-0.3, -0.25) is 10.1 Å². The Morgan fingerprint density at radius 1 is 1.38 bits per heavy atom. The van der Waals surface area contributed by atoms with Gasteiger partial charge in [-0.25, -0.2) is 0 Å². The van der Waals surface area contributed by atoms with Gasteiger partial charge < -0.3 is 5.32 Å². The van der Waals surface area contributed by atoms with Crippen molar-refractivity contribution >= 4 is 5.69 Å². The summed E-state index contributed by atoms with van der Waals surface area (Å²) in [6.07, 6.45) is 1.12. The van der Waals surface area contributed by atoms with Crippen LogP contribution in [0.5, 0.6) is 0 Å². The van der Waals surface area contributed by atoms with Crippen LogP contribution in [0.15, 0.2) is 24.3 Å². The first-order valence-corrected chi connectivity index (χ1v) is 5.60. The lowest BCUT2D eigenvalue weighted by Gasteiger charge is -2.12. The number of nitro groups is 1. The number of non-ortho nitro benzene ring substituents is 1. The summed E-state index contributed by atoms with van der Waals surface area (Å²) in [4.78, 5) is 10.1. The van der Waals surface area contributed by atoms with Crippen LogP contribution in [0.4, 0.5) is 5.69 Å². The molecule has 0 unspecified atom stereocenters. The Balaban J connectivity index is 2.56. The number of benzene rings is 1. The van der Waals surface area contributed by atoms with Gasteiger partial charge in [-0.15, -0.1) is 0 Å². The average Bonchev–Trinajstić information content (AvgIpc) is 2.29. The highest BCUT2D eigenvalue weighted by atomic mass is 16.6. The van der Waals surface area contributed by atoms with Gasteiger partial charge in [0.25, 0.3) is 5.69 Å². The molecule has 0 spiro atoms. The molecule has 0 fully saturated rings. The predicted octanol–water partition coefficient (Wildman–Crippen LogP) is 2.70. The molecule has 88 valence electrons. The van der Waals surface area contributed by atoms with Gasteiger partial charge in [0.05, 0.1) is 4.92 Å². The lowest BCUT2D eigenvalue weighted by Crippen LogP contribution is -2.20. The van der Waals surface area contributed by atoms with Crippen LogP contribution in [0, 0.1) is 10.1 Å². The standard InChI is InChI=1S/C12H18N2O2/c1-3-8-13-9-10(2)11-4-6-12(7-5-11)14(15)16/h4-7,10,13H,3,8-9H2,1-2H3/t10-/m0/s1. The fraction of sp³-hybridized carbons (Fsp3) is 0.500. The first-order valence-electron chi connectivity index (χ1n) is 5.60. The number of rotatable bonds is 6. The third-order valence-electron chi connectivity index (χ3n) is 2.55. The van der Waals surface area contributed by atoms with E-state index in [1.807, 2.05) is 12.1 Å². The van der Waals surface area contributed by atoms with Crippen LogP contribution in [0.25, 0.3) is 0 Å². The Labute approximate surface area is 95.8 Å². The molecule has 4 nitrogen and oxygen atoms in total. The van der Waals surface area contributed by atoms with Crippen LogP contribution in [0.1, 0.15) is 31.7 Å². The fourth-order valence-electron chi connectivity index (χ4n) is 1.54. The Hall–Kier alpha value is -1.42. The molecule has 1 N–H and O–H groups in total. The summed E-state index contributed by atoms with van der Waals surface area (Å²) in [5.74, 6) is 0.382. The summed E-state index contributed by atoms with van der Waals surface area (Å²) in [6.45, 7) is 6.16. The van der Waals surface area contributed by atoms with Crippen LogP contribution in [-0.4, -0.2) is 18.0 Å². The highest BCUT2D eigenvalue weighted by Crippen LogP contribution is 2.18. The van der Waals surface area contributed by atoms with E-state index in [1.165, 1.54) is 0 Å². The van der Waals surface area contributed by atoms with Gasteiger partial charge in [-0.2, -0.15) is 0 Å². The molecule has 0 radical (unpaired) electrons. The van der Waals surface area contributed by atoms with Crippen LogP contribution >= 0.6 is 0 Å². The van der Waals surface area contributed by atoms with Crippen LogP contribution in [-0.2, 0) is 0 Å². The average molecular weight is 222 g/mol. The zero-order chi connectivity index (χ0) is 12.0. The van der Waals surface area contributed by atoms with Crippen LogP contribution in [0.2, 0.25) is 0 Å². The number of hydrogen-bond donors (Lipinski definition) is 1. The van der Waals surface area contributed by atoms with E-state index in [1.54, 1.807) is 12.1 Å². The van der Waals surface area contributed by atoms with E-state index < -0.39 is 0 Å². The first-order chi connectivity index (χ1) is 7.65. The largest absolute Gasteiger partial charge is 0.316 e.